The number of hydrogen-bond donors (Lipinski definition) is 1. The van der Waals surface area contributed by atoms with E-state index >= 15 is 0 Å². The number of ether oxygens (including phenoxy) is 4. The van der Waals surface area contributed by atoms with Gasteiger partial charge in [-0.1, -0.05) is 41.2 Å². The van der Waals surface area contributed by atoms with E-state index in [1.54, 1.807) is 47.7 Å². The van der Waals surface area contributed by atoms with E-state index in [1.165, 1.54) is 23.3 Å². The van der Waals surface area contributed by atoms with Gasteiger partial charge in [0.1, 0.15) is 24.1 Å². The van der Waals surface area contributed by atoms with Gasteiger partial charge in [0.25, 0.3) is 0 Å². The molecule has 0 saturated carbocycles. The first-order valence-electron chi connectivity index (χ1n) is 11.5. The number of anilines is 1. The van der Waals surface area contributed by atoms with Crippen LogP contribution in [0, 0.1) is 6.92 Å². The number of methoxy groups -OCH3 is 1. The standard InChI is InChI=1S/C25H36BrN3O6S/c1-16-9-11-17(12-10-16)20(33-15-32-8)18(28-22(30)34-24(2,3)4)14-29(21-27-13-19(26)36-21)23(31)35-25(5,6)7/h9-13,18,20H,14-15H2,1-8H3,(H,28,30)/t18-,20+/m1/s1. The van der Waals surface area contributed by atoms with E-state index in [0.29, 0.717) is 5.13 Å². The highest BCUT2D eigenvalue weighted by atomic mass is 79.9. The number of amides is 2. The molecule has 1 N–H and O–H groups in total. The zero-order chi connectivity index (χ0) is 27.1. The molecule has 9 nitrogen and oxygen atoms in total. The van der Waals surface area contributed by atoms with Crippen molar-refractivity contribution in [3.8, 4) is 0 Å². The van der Waals surface area contributed by atoms with Gasteiger partial charge in [0.15, 0.2) is 5.13 Å². The molecule has 0 fully saturated rings. The molecule has 0 aliphatic carbocycles. The lowest BCUT2D eigenvalue weighted by molar-refractivity contribution is -0.0847. The number of benzene rings is 1. The largest absolute Gasteiger partial charge is 0.444 e. The van der Waals surface area contributed by atoms with E-state index < -0.39 is 35.5 Å². The van der Waals surface area contributed by atoms with Crippen LogP contribution in [0.2, 0.25) is 0 Å². The van der Waals surface area contributed by atoms with Gasteiger partial charge in [-0.05, 0) is 70.0 Å². The number of nitrogens with zero attached hydrogens (tertiary/aromatic N) is 2. The average molecular weight is 587 g/mol. The Labute approximate surface area is 225 Å². The van der Waals surface area contributed by atoms with Gasteiger partial charge in [0, 0.05) is 7.11 Å². The number of hydrogen-bond acceptors (Lipinski definition) is 8. The fourth-order valence-corrected chi connectivity index (χ4v) is 4.31. The molecule has 0 radical (unpaired) electrons. The van der Waals surface area contributed by atoms with Crippen LogP contribution in [0.15, 0.2) is 34.2 Å². The summed E-state index contributed by atoms with van der Waals surface area (Å²) in [5.41, 5.74) is 0.416. The predicted octanol–water partition coefficient (Wildman–Crippen LogP) is 6.21. The Balaban J connectivity index is 2.50. The van der Waals surface area contributed by atoms with Crippen molar-refractivity contribution >= 4 is 44.6 Å². The molecule has 11 heteroatoms. The second-order valence-electron chi connectivity index (χ2n) is 10.2. The van der Waals surface area contributed by atoms with E-state index in [-0.39, 0.29) is 13.3 Å². The fraction of sp³-hybridized carbons (Fsp3) is 0.560. The predicted molar refractivity (Wildman–Crippen MR) is 143 cm³/mol. The number of aromatic nitrogens is 1. The van der Waals surface area contributed by atoms with Gasteiger partial charge in [-0.15, -0.1) is 0 Å². The van der Waals surface area contributed by atoms with Crippen molar-refractivity contribution in [2.45, 2.75) is 71.8 Å². The van der Waals surface area contributed by atoms with Crippen molar-refractivity contribution in [3.05, 3.63) is 45.4 Å². The topological polar surface area (TPSA) is 99.2 Å². The first kappa shape index (κ1) is 30.0. The van der Waals surface area contributed by atoms with E-state index in [9.17, 15) is 9.59 Å². The summed E-state index contributed by atoms with van der Waals surface area (Å²) in [6.07, 6.45) is -0.316. The molecule has 2 aromatic rings. The van der Waals surface area contributed by atoms with E-state index in [0.717, 1.165) is 14.9 Å². The quantitative estimate of drug-likeness (QED) is 0.349. The van der Waals surface area contributed by atoms with E-state index in [1.807, 2.05) is 31.2 Å². The number of halogens is 1. The molecule has 2 atom stereocenters. The fourth-order valence-electron chi connectivity index (χ4n) is 3.13. The minimum Gasteiger partial charge on any atom is -0.444 e. The molecule has 0 unspecified atom stereocenters. The Hall–Kier alpha value is -2.21. The molecule has 1 heterocycles. The van der Waals surface area contributed by atoms with Crippen LogP contribution < -0.4 is 10.2 Å². The summed E-state index contributed by atoms with van der Waals surface area (Å²) in [7, 11) is 1.52. The molecule has 2 rings (SSSR count). The van der Waals surface area contributed by atoms with Crippen molar-refractivity contribution in [2.75, 3.05) is 25.3 Å². The minimum absolute atomic E-state index is 0.00360. The number of alkyl carbamates (subject to hydrolysis) is 1. The summed E-state index contributed by atoms with van der Waals surface area (Å²) in [6.45, 7) is 12.6. The second-order valence-corrected chi connectivity index (χ2v) is 12.6. The van der Waals surface area contributed by atoms with Crippen LogP contribution in [0.4, 0.5) is 14.7 Å². The van der Waals surface area contributed by atoms with Gasteiger partial charge in [-0.2, -0.15) is 0 Å². The zero-order valence-corrected chi connectivity index (χ0v) is 24.5. The van der Waals surface area contributed by atoms with Gasteiger partial charge in [-0.25, -0.2) is 14.6 Å². The van der Waals surface area contributed by atoms with E-state index in [2.05, 4.69) is 26.2 Å². The molecule has 0 bridgehead atoms. The van der Waals surface area contributed by atoms with Crippen molar-refractivity contribution in [1.82, 2.24) is 10.3 Å². The second kappa shape index (κ2) is 12.8. The average Bonchev–Trinajstić information content (AvgIpc) is 3.16. The zero-order valence-electron chi connectivity index (χ0n) is 22.1. The maximum Gasteiger partial charge on any atom is 0.416 e. The molecule has 1 aromatic heterocycles. The first-order chi connectivity index (χ1) is 16.7. The highest BCUT2D eigenvalue weighted by Gasteiger charge is 2.34. The lowest BCUT2D eigenvalue weighted by Gasteiger charge is -2.33. The summed E-state index contributed by atoms with van der Waals surface area (Å²) < 4.78 is 23.1. The van der Waals surface area contributed by atoms with Crippen molar-refractivity contribution in [2.24, 2.45) is 0 Å². The van der Waals surface area contributed by atoms with Gasteiger partial charge >= 0.3 is 12.2 Å². The molecule has 0 aliphatic rings. The molecule has 0 aliphatic heterocycles. The van der Waals surface area contributed by atoms with Gasteiger partial charge < -0.3 is 24.3 Å². The lowest BCUT2D eigenvalue weighted by Crippen LogP contribution is -2.51. The minimum atomic E-state index is -0.743. The molecule has 0 spiro atoms. The number of nitrogens with one attached hydrogen (secondary N) is 1. The number of thiazole rings is 1. The smallest absolute Gasteiger partial charge is 0.416 e. The van der Waals surface area contributed by atoms with E-state index in [4.69, 9.17) is 18.9 Å². The lowest BCUT2D eigenvalue weighted by atomic mass is 10.0. The normalized spacial score (nSPS) is 13.6. The molecular formula is C25H36BrN3O6S. The maximum absolute atomic E-state index is 13.3. The Bertz CT molecular complexity index is 1000. The third-order valence-corrected chi connectivity index (χ3v) is 6.03. The molecule has 1 aromatic carbocycles. The summed E-state index contributed by atoms with van der Waals surface area (Å²) >= 11 is 4.67. The molecule has 36 heavy (non-hydrogen) atoms. The molecule has 2 amide bonds. The number of aryl methyl sites for hydroxylation is 1. The summed E-state index contributed by atoms with van der Waals surface area (Å²) in [5, 5.41) is 3.30. The first-order valence-corrected chi connectivity index (χ1v) is 13.1. The SMILES string of the molecule is COCO[C@@H](c1ccc(C)cc1)[C@@H](CN(C(=O)OC(C)(C)C)c1ncc(Br)s1)NC(=O)OC(C)(C)C. The third kappa shape index (κ3) is 10.0. The Morgan fingerprint density at radius 1 is 1.08 bits per heavy atom. The monoisotopic (exact) mass is 585 g/mol. The molecular weight excluding hydrogens is 550 g/mol. The Morgan fingerprint density at radius 3 is 2.19 bits per heavy atom. The third-order valence-electron chi connectivity index (χ3n) is 4.53. The van der Waals surface area contributed by atoms with Crippen LogP contribution in [0.5, 0.6) is 0 Å². The van der Waals surface area contributed by atoms with Crippen molar-refractivity contribution < 1.29 is 28.5 Å². The number of carbonyl (C=O) groups is 2. The summed E-state index contributed by atoms with van der Waals surface area (Å²) in [4.78, 5) is 31.9. The maximum atomic E-state index is 13.3. The highest BCUT2D eigenvalue weighted by molar-refractivity contribution is 9.11. The van der Waals surface area contributed by atoms with Crippen LogP contribution in [-0.2, 0) is 18.9 Å². The number of carbonyl (C=O) groups excluding carboxylic acids is 2. The number of rotatable bonds is 9. The Kier molecular flexibility index (Phi) is 10.7. The van der Waals surface area contributed by atoms with Crippen LogP contribution in [0.1, 0.15) is 58.8 Å². The highest BCUT2D eigenvalue weighted by Crippen LogP contribution is 2.30. The van der Waals surface area contributed by atoms with Crippen molar-refractivity contribution in [1.29, 1.82) is 0 Å². The van der Waals surface area contributed by atoms with Crippen LogP contribution in [-0.4, -0.2) is 54.9 Å². The summed E-state index contributed by atoms with van der Waals surface area (Å²) in [6, 6.07) is 6.99. The summed E-state index contributed by atoms with van der Waals surface area (Å²) in [5.74, 6) is 0. The van der Waals surface area contributed by atoms with Crippen LogP contribution >= 0.6 is 27.3 Å². The van der Waals surface area contributed by atoms with Crippen LogP contribution in [0.25, 0.3) is 0 Å². The van der Waals surface area contributed by atoms with Crippen molar-refractivity contribution in [3.63, 3.8) is 0 Å². The van der Waals surface area contributed by atoms with Gasteiger partial charge in [0.2, 0.25) is 0 Å². The van der Waals surface area contributed by atoms with Gasteiger partial charge in [-0.3, -0.25) is 4.90 Å². The Morgan fingerprint density at radius 2 is 1.69 bits per heavy atom. The van der Waals surface area contributed by atoms with Crippen LogP contribution in [0.3, 0.4) is 0 Å². The van der Waals surface area contributed by atoms with Gasteiger partial charge in [0.05, 0.1) is 22.6 Å². The molecule has 0 saturated heterocycles. The molecule has 200 valence electrons.